The summed E-state index contributed by atoms with van der Waals surface area (Å²) in [6.07, 6.45) is 5.92. The molecule has 0 aliphatic carbocycles. The molecule has 1 atom stereocenters. The van der Waals surface area contributed by atoms with Gasteiger partial charge in [0.1, 0.15) is 11.9 Å². The van der Waals surface area contributed by atoms with Gasteiger partial charge in [0, 0.05) is 36.7 Å². The topological polar surface area (TPSA) is 76.6 Å². The van der Waals surface area contributed by atoms with Gasteiger partial charge in [-0.25, -0.2) is 9.97 Å². The van der Waals surface area contributed by atoms with E-state index >= 15 is 0 Å². The highest BCUT2D eigenvalue weighted by Crippen LogP contribution is 2.22. The van der Waals surface area contributed by atoms with E-state index in [9.17, 15) is 4.79 Å². The van der Waals surface area contributed by atoms with Gasteiger partial charge in [0.05, 0.1) is 18.7 Å². The van der Waals surface area contributed by atoms with Gasteiger partial charge in [-0.3, -0.25) is 10.1 Å². The molecule has 1 aromatic heterocycles. The van der Waals surface area contributed by atoms with Crippen LogP contribution in [0.5, 0.6) is 5.75 Å². The zero-order chi connectivity index (χ0) is 17.6. The van der Waals surface area contributed by atoms with Crippen LogP contribution in [-0.4, -0.2) is 60.7 Å². The van der Waals surface area contributed by atoms with E-state index in [4.69, 9.17) is 9.47 Å². The van der Waals surface area contributed by atoms with Crippen LogP contribution in [0.4, 0.5) is 5.95 Å². The van der Waals surface area contributed by atoms with Crippen LogP contribution in [-0.2, 0) is 9.53 Å². The van der Waals surface area contributed by atoms with E-state index in [-0.39, 0.29) is 18.0 Å². The van der Waals surface area contributed by atoms with Crippen molar-refractivity contribution in [2.75, 3.05) is 39.2 Å². The third-order valence-electron chi connectivity index (χ3n) is 3.72. The third kappa shape index (κ3) is 4.98. The number of anilines is 1. The maximum Gasteiger partial charge on any atom is 0.250 e. The average Bonchev–Trinajstić information content (AvgIpc) is 3.07. The summed E-state index contributed by atoms with van der Waals surface area (Å²) in [6, 6.07) is 5.65. The van der Waals surface area contributed by atoms with Gasteiger partial charge in [-0.15, -0.1) is 0 Å². The Kier molecular flexibility index (Phi) is 5.57. The number of amides is 1. The molecule has 2 heterocycles. The van der Waals surface area contributed by atoms with Gasteiger partial charge in [-0.1, -0.05) is 6.08 Å². The molecular weight excluding hydrogens is 320 g/mol. The molecule has 0 radical (unpaired) electrons. The summed E-state index contributed by atoms with van der Waals surface area (Å²) in [5.74, 6) is 0.759. The van der Waals surface area contributed by atoms with Gasteiger partial charge in [-0.2, -0.15) is 0 Å². The lowest BCUT2D eigenvalue weighted by Crippen LogP contribution is -2.15. The van der Waals surface area contributed by atoms with E-state index in [2.05, 4.69) is 15.3 Å². The molecule has 0 unspecified atom stereocenters. The largest absolute Gasteiger partial charge is 0.488 e. The summed E-state index contributed by atoms with van der Waals surface area (Å²) in [5.41, 5.74) is 0.721. The minimum atomic E-state index is -0.253. The van der Waals surface area contributed by atoms with Crippen molar-refractivity contribution in [3.8, 4) is 5.75 Å². The predicted octanol–water partition coefficient (Wildman–Crippen LogP) is 1.85. The van der Waals surface area contributed by atoms with Crippen molar-refractivity contribution in [2.45, 2.75) is 12.5 Å². The van der Waals surface area contributed by atoms with E-state index in [1.54, 1.807) is 12.3 Å². The van der Waals surface area contributed by atoms with Crippen molar-refractivity contribution in [2.24, 2.45) is 0 Å². The first-order valence-electron chi connectivity index (χ1n) is 8.23. The lowest BCUT2D eigenvalue weighted by atomic mass is 10.2. The van der Waals surface area contributed by atoms with Crippen LogP contribution in [0.25, 0.3) is 10.9 Å². The number of likely N-dealkylation sites (N-methyl/N-ethyl adjacent to an activating group) is 1. The first kappa shape index (κ1) is 17.3. The molecule has 1 N–H and O–H groups in total. The highest BCUT2D eigenvalue weighted by Gasteiger charge is 2.17. The van der Waals surface area contributed by atoms with Crippen molar-refractivity contribution >= 4 is 22.8 Å². The molecule has 3 rings (SSSR count). The molecule has 132 valence electrons. The van der Waals surface area contributed by atoms with Crippen LogP contribution < -0.4 is 10.1 Å². The Morgan fingerprint density at radius 3 is 3.12 bits per heavy atom. The van der Waals surface area contributed by atoms with Crippen molar-refractivity contribution < 1.29 is 14.3 Å². The zero-order valence-corrected chi connectivity index (χ0v) is 14.4. The molecule has 1 aromatic carbocycles. The van der Waals surface area contributed by atoms with Crippen molar-refractivity contribution in [1.82, 2.24) is 14.9 Å². The molecule has 1 aliphatic heterocycles. The van der Waals surface area contributed by atoms with Crippen LogP contribution in [0, 0.1) is 0 Å². The summed E-state index contributed by atoms with van der Waals surface area (Å²) in [6.45, 7) is 2.04. The number of hydrogen-bond donors (Lipinski definition) is 1. The van der Waals surface area contributed by atoms with Gasteiger partial charge in [-0.05, 0) is 26.2 Å². The third-order valence-corrected chi connectivity index (χ3v) is 3.72. The maximum absolute atomic E-state index is 11.9. The summed E-state index contributed by atoms with van der Waals surface area (Å²) in [5, 5.41) is 3.56. The number of nitrogens with one attached hydrogen (secondary N) is 1. The second-order valence-corrected chi connectivity index (χ2v) is 6.17. The first-order valence-corrected chi connectivity index (χ1v) is 8.23. The molecule has 0 spiro atoms. The fourth-order valence-corrected chi connectivity index (χ4v) is 2.46. The maximum atomic E-state index is 11.9. The minimum absolute atomic E-state index is 0.0836. The zero-order valence-electron chi connectivity index (χ0n) is 14.4. The standard InChI is InChI=1S/C18H22N4O3/c1-22(2)8-3-4-17(23)21-18-19-11-13-5-6-14(10-16(13)20-18)25-15-7-9-24-12-15/h3-6,10-11,15H,7-9,12H2,1-2H3,(H,19,20,21,23)/t15-/m0/s1. The van der Waals surface area contributed by atoms with Crippen molar-refractivity contribution in [1.29, 1.82) is 0 Å². The van der Waals surface area contributed by atoms with E-state index in [0.29, 0.717) is 13.2 Å². The number of nitrogens with zero attached hydrogens (tertiary/aromatic N) is 3. The Bertz CT molecular complexity index is 770. The SMILES string of the molecule is CN(C)CC=CC(=O)Nc1ncc2ccc(O[C@H]3CCOC3)cc2n1. The molecule has 1 aliphatic rings. The lowest BCUT2D eigenvalue weighted by Gasteiger charge is -2.12. The van der Waals surface area contributed by atoms with Crippen molar-refractivity contribution in [3.05, 3.63) is 36.5 Å². The van der Waals surface area contributed by atoms with Gasteiger partial charge >= 0.3 is 0 Å². The molecule has 1 fully saturated rings. The van der Waals surface area contributed by atoms with E-state index in [0.717, 1.165) is 29.7 Å². The second-order valence-electron chi connectivity index (χ2n) is 6.17. The van der Waals surface area contributed by atoms with E-state index in [1.165, 1.54) is 6.08 Å². The highest BCUT2D eigenvalue weighted by molar-refractivity contribution is 5.98. The smallest absolute Gasteiger partial charge is 0.250 e. The summed E-state index contributed by atoms with van der Waals surface area (Å²) in [4.78, 5) is 22.4. The fourth-order valence-electron chi connectivity index (χ4n) is 2.46. The predicted molar refractivity (Wildman–Crippen MR) is 95.7 cm³/mol. The Morgan fingerprint density at radius 2 is 2.36 bits per heavy atom. The molecule has 7 nitrogen and oxygen atoms in total. The summed E-state index contributed by atoms with van der Waals surface area (Å²) >= 11 is 0. The number of hydrogen-bond acceptors (Lipinski definition) is 6. The molecule has 0 bridgehead atoms. The molecule has 1 saturated heterocycles. The van der Waals surface area contributed by atoms with E-state index in [1.807, 2.05) is 37.2 Å². The number of carbonyl (C=O) groups is 1. The van der Waals surface area contributed by atoms with E-state index < -0.39 is 0 Å². The van der Waals surface area contributed by atoms with Gasteiger partial charge in [0.15, 0.2) is 0 Å². The molecule has 2 aromatic rings. The van der Waals surface area contributed by atoms with Crippen LogP contribution in [0.3, 0.4) is 0 Å². The first-order chi connectivity index (χ1) is 12.1. The molecule has 1 amide bonds. The number of carbonyl (C=O) groups excluding carboxylic acids is 1. The number of rotatable bonds is 6. The minimum Gasteiger partial charge on any atom is -0.488 e. The number of benzene rings is 1. The monoisotopic (exact) mass is 342 g/mol. The summed E-state index contributed by atoms with van der Waals surface area (Å²) in [7, 11) is 3.87. The molecule has 0 saturated carbocycles. The average molecular weight is 342 g/mol. The normalized spacial score (nSPS) is 17.5. The van der Waals surface area contributed by atoms with Crippen LogP contribution in [0.15, 0.2) is 36.5 Å². The van der Waals surface area contributed by atoms with Crippen LogP contribution in [0.1, 0.15) is 6.42 Å². The van der Waals surface area contributed by atoms with Gasteiger partial charge < -0.3 is 14.4 Å². The Labute approximate surface area is 146 Å². The van der Waals surface area contributed by atoms with Crippen LogP contribution in [0.2, 0.25) is 0 Å². The molecule has 7 heteroatoms. The Morgan fingerprint density at radius 1 is 1.48 bits per heavy atom. The lowest BCUT2D eigenvalue weighted by molar-refractivity contribution is -0.112. The molecule has 25 heavy (non-hydrogen) atoms. The quantitative estimate of drug-likeness (QED) is 0.808. The highest BCUT2D eigenvalue weighted by atomic mass is 16.5. The second kappa shape index (κ2) is 8.04. The fraction of sp³-hybridized carbons (Fsp3) is 0.389. The van der Waals surface area contributed by atoms with Crippen LogP contribution >= 0.6 is 0 Å². The number of aromatic nitrogens is 2. The van der Waals surface area contributed by atoms with Crippen molar-refractivity contribution in [3.63, 3.8) is 0 Å². The Balaban J connectivity index is 1.69. The van der Waals surface area contributed by atoms with Gasteiger partial charge in [0.2, 0.25) is 11.9 Å². The Hall–Kier alpha value is -2.51. The number of fused-ring (bicyclic) bond motifs is 1. The summed E-state index contributed by atoms with van der Waals surface area (Å²) < 4.78 is 11.2. The van der Waals surface area contributed by atoms with Gasteiger partial charge in [0.25, 0.3) is 0 Å². The number of ether oxygens (including phenoxy) is 2. The molecular formula is C18H22N4O3.